The number of carboxylic acids is 1. The maximum Gasteiger partial charge on any atom is 0.416 e. The summed E-state index contributed by atoms with van der Waals surface area (Å²) in [5, 5.41) is 13.5. The van der Waals surface area contributed by atoms with Crippen LogP contribution in [0.3, 0.4) is 0 Å². The van der Waals surface area contributed by atoms with Gasteiger partial charge in [-0.15, -0.1) is 11.8 Å². The van der Waals surface area contributed by atoms with Gasteiger partial charge in [-0.2, -0.15) is 13.2 Å². The summed E-state index contributed by atoms with van der Waals surface area (Å²) >= 11 is 1.17. The van der Waals surface area contributed by atoms with Crippen LogP contribution in [-0.4, -0.2) is 28.6 Å². The zero-order valence-electron chi connectivity index (χ0n) is 15.0. The Hall–Kier alpha value is -3.01. The van der Waals surface area contributed by atoms with Gasteiger partial charge in [-0.25, -0.2) is 0 Å². The number of rotatable bonds is 8. The Balaban J connectivity index is 1.83. The molecule has 29 heavy (non-hydrogen) atoms. The number of benzene rings is 2. The zero-order valence-corrected chi connectivity index (χ0v) is 15.8. The number of amides is 2. The number of anilines is 2. The molecule has 0 atom stereocenters. The number of hydrogen-bond donors (Lipinski definition) is 3. The molecule has 0 aliphatic carbocycles. The van der Waals surface area contributed by atoms with E-state index in [0.29, 0.717) is 10.6 Å². The molecule has 0 aliphatic heterocycles. The molecule has 6 nitrogen and oxygen atoms in total. The zero-order chi connectivity index (χ0) is 21.4. The van der Waals surface area contributed by atoms with E-state index < -0.39 is 29.5 Å². The Labute approximate surface area is 168 Å². The number of carbonyl (C=O) groups excluding carboxylic acids is 2. The van der Waals surface area contributed by atoms with E-state index in [0.717, 1.165) is 12.1 Å². The van der Waals surface area contributed by atoms with Crippen molar-refractivity contribution in [1.82, 2.24) is 0 Å². The Kier molecular flexibility index (Phi) is 7.66. The minimum Gasteiger partial charge on any atom is -0.481 e. The fourth-order valence-electron chi connectivity index (χ4n) is 2.20. The van der Waals surface area contributed by atoms with Crippen LogP contribution >= 0.6 is 11.8 Å². The third kappa shape index (κ3) is 7.86. The summed E-state index contributed by atoms with van der Waals surface area (Å²) in [6, 6.07) is 10.9. The van der Waals surface area contributed by atoms with Gasteiger partial charge >= 0.3 is 12.1 Å². The molecule has 2 amide bonds. The highest BCUT2D eigenvalue weighted by Gasteiger charge is 2.30. The highest BCUT2D eigenvalue weighted by Crippen LogP contribution is 2.30. The molecule has 2 rings (SSSR count). The first-order chi connectivity index (χ1) is 13.6. The quantitative estimate of drug-likeness (QED) is 0.549. The lowest BCUT2D eigenvalue weighted by Gasteiger charge is -2.10. The van der Waals surface area contributed by atoms with E-state index in [1.165, 1.54) is 23.9 Å². The van der Waals surface area contributed by atoms with Crippen molar-refractivity contribution in [2.45, 2.75) is 23.9 Å². The van der Waals surface area contributed by atoms with Crippen molar-refractivity contribution in [2.75, 3.05) is 16.4 Å². The van der Waals surface area contributed by atoms with Gasteiger partial charge in [0.1, 0.15) is 0 Å². The van der Waals surface area contributed by atoms with Crippen LogP contribution in [0.5, 0.6) is 0 Å². The van der Waals surface area contributed by atoms with Crippen LogP contribution in [0, 0.1) is 0 Å². The summed E-state index contributed by atoms with van der Waals surface area (Å²) in [6.07, 6.45) is -4.89. The van der Waals surface area contributed by atoms with E-state index in [1.807, 2.05) is 0 Å². The second kappa shape index (κ2) is 9.97. The Morgan fingerprint density at radius 3 is 2.17 bits per heavy atom. The molecule has 0 saturated carbocycles. The van der Waals surface area contributed by atoms with Gasteiger partial charge in [0.05, 0.1) is 17.7 Å². The number of hydrogen-bond acceptors (Lipinski definition) is 4. The third-order valence-corrected chi connectivity index (χ3v) is 4.56. The monoisotopic (exact) mass is 426 g/mol. The summed E-state index contributed by atoms with van der Waals surface area (Å²) in [7, 11) is 0. The third-order valence-electron chi connectivity index (χ3n) is 3.55. The predicted molar refractivity (Wildman–Crippen MR) is 103 cm³/mol. The number of carboxylic acid groups (broad SMARTS) is 1. The molecule has 2 aromatic rings. The van der Waals surface area contributed by atoms with Gasteiger partial charge in [0, 0.05) is 22.7 Å². The van der Waals surface area contributed by atoms with E-state index in [2.05, 4.69) is 10.6 Å². The van der Waals surface area contributed by atoms with Crippen LogP contribution in [0.25, 0.3) is 0 Å². The Morgan fingerprint density at radius 2 is 1.55 bits per heavy atom. The minimum atomic E-state index is -4.49. The molecule has 2 aromatic carbocycles. The topological polar surface area (TPSA) is 95.5 Å². The van der Waals surface area contributed by atoms with Crippen molar-refractivity contribution in [1.29, 1.82) is 0 Å². The maximum atomic E-state index is 12.7. The minimum absolute atomic E-state index is 0.0133. The van der Waals surface area contributed by atoms with Gasteiger partial charge in [-0.3, -0.25) is 14.4 Å². The van der Waals surface area contributed by atoms with Crippen molar-refractivity contribution in [2.24, 2.45) is 0 Å². The number of alkyl halides is 3. The summed E-state index contributed by atoms with van der Waals surface area (Å²) in [5.74, 6) is -1.95. The molecule has 3 N–H and O–H groups in total. The molecule has 10 heteroatoms. The van der Waals surface area contributed by atoms with Crippen LogP contribution in [0.4, 0.5) is 24.5 Å². The average molecular weight is 426 g/mol. The van der Waals surface area contributed by atoms with Crippen molar-refractivity contribution in [3.05, 3.63) is 54.1 Å². The molecule has 0 heterocycles. The van der Waals surface area contributed by atoms with Crippen molar-refractivity contribution in [3.63, 3.8) is 0 Å². The molecule has 0 fully saturated rings. The van der Waals surface area contributed by atoms with Crippen molar-refractivity contribution in [3.8, 4) is 0 Å². The highest BCUT2D eigenvalue weighted by molar-refractivity contribution is 8.00. The molecule has 0 aliphatic rings. The summed E-state index contributed by atoms with van der Waals surface area (Å²) in [4.78, 5) is 34.7. The number of thioether (sulfide) groups is 1. The largest absolute Gasteiger partial charge is 0.481 e. The lowest BCUT2D eigenvalue weighted by molar-refractivity contribution is -0.138. The molecular formula is C19H17F3N2O4S. The van der Waals surface area contributed by atoms with Gasteiger partial charge in [0.15, 0.2) is 0 Å². The van der Waals surface area contributed by atoms with Gasteiger partial charge < -0.3 is 15.7 Å². The number of halogens is 3. The molecule has 0 unspecified atom stereocenters. The van der Waals surface area contributed by atoms with E-state index >= 15 is 0 Å². The molecule has 0 aromatic heterocycles. The number of aliphatic carboxylic acids is 1. The number of nitrogens with one attached hydrogen (secondary N) is 2. The first-order valence-electron chi connectivity index (χ1n) is 8.35. The van der Waals surface area contributed by atoms with Gasteiger partial charge in [-0.1, -0.05) is 6.07 Å². The van der Waals surface area contributed by atoms with Crippen LogP contribution in [0.15, 0.2) is 53.4 Å². The van der Waals surface area contributed by atoms with Gasteiger partial charge in [0.2, 0.25) is 11.8 Å². The van der Waals surface area contributed by atoms with Crippen LogP contribution in [-0.2, 0) is 20.6 Å². The highest BCUT2D eigenvalue weighted by atomic mass is 32.2. The van der Waals surface area contributed by atoms with Gasteiger partial charge in [-0.05, 0) is 42.5 Å². The number of carbonyl (C=O) groups is 3. The Bertz CT molecular complexity index is 886. The van der Waals surface area contributed by atoms with E-state index in [1.54, 1.807) is 24.3 Å². The summed E-state index contributed by atoms with van der Waals surface area (Å²) in [6.45, 7) is 0. The lowest BCUT2D eigenvalue weighted by atomic mass is 10.2. The van der Waals surface area contributed by atoms with Crippen molar-refractivity contribution >= 4 is 40.9 Å². The second-order valence-electron chi connectivity index (χ2n) is 5.88. The maximum absolute atomic E-state index is 12.7. The fourth-order valence-corrected chi connectivity index (χ4v) is 2.90. The Morgan fingerprint density at radius 1 is 0.897 bits per heavy atom. The van der Waals surface area contributed by atoms with Crippen LogP contribution in [0.1, 0.15) is 18.4 Å². The molecule has 154 valence electrons. The molecule has 0 radical (unpaired) electrons. The standard InChI is InChI=1S/C19H17F3N2O4S/c20-19(21,22)12-2-1-3-14(10-12)24-17(26)11-29-15-6-4-13(5-7-15)23-16(25)8-9-18(27)28/h1-7,10H,8-9,11H2,(H,23,25)(H,24,26)(H,27,28). The molecule has 0 bridgehead atoms. The normalized spacial score (nSPS) is 11.0. The lowest BCUT2D eigenvalue weighted by Crippen LogP contribution is -2.15. The fraction of sp³-hybridized carbons (Fsp3) is 0.211. The smallest absolute Gasteiger partial charge is 0.416 e. The average Bonchev–Trinajstić information content (AvgIpc) is 2.65. The molecular weight excluding hydrogens is 409 g/mol. The molecule has 0 saturated heterocycles. The predicted octanol–water partition coefficient (Wildman–Crippen LogP) is 4.24. The van der Waals surface area contributed by atoms with Crippen LogP contribution < -0.4 is 10.6 Å². The SMILES string of the molecule is O=C(O)CCC(=O)Nc1ccc(SCC(=O)Nc2cccc(C(F)(F)F)c2)cc1. The van der Waals surface area contributed by atoms with E-state index in [4.69, 9.17) is 5.11 Å². The first kappa shape index (κ1) is 22.3. The summed E-state index contributed by atoms with van der Waals surface area (Å²) < 4.78 is 38.1. The van der Waals surface area contributed by atoms with Gasteiger partial charge in [0.25, 0.3) is 0 Å². The van der Waals surface area contributed by atoms with E-state index in [-0.39, 0.29) is 24.3 Å². The van der Waals surface area contributed by atoms with Crippen molar-refractivity contribution < 1.29 is 32.7 Å². The first-order valence-corrected chi connectivity index (χ1v) is 9.33. The molecule has 0 spiro atoms. The van der Waals surface area contributed by atoms with Crippen LogP contribution in [0.2, 0.25) is 0 Å². The van der Waals surface area contributed by atoms with E-state index in [9.17, 15) is 27.6 Å². The summed E-state index contributed by atoms with van der Waals surface area (Å²) in [5.41, 5.74) is -0.299. The second-order valence-corrected chi connectivity index (χ2v) is 6.93.